The molecule has 0 aromatic carbocycles. The zero-order chi connectivity index (χ0) is 9.35. The van der Waals surface area contributed by atoms with Crippen molar-refractivity contribution in [2.75, 3.05) is 0 Å². The molecule has 0 saturated heterocycles. The molecule has 0 saturated carbocycles. The number of nitrogens with zero attached hydrogens (tertiary/aromatic N) is 3. The molecule has 1 aromatic rings. The molecule has 68 valence electrons. The van der Waals surface area contributed by atoms with Crippen LogP contribution in [0.5, 0.6) is 0 Å². The fourth-order valence-corrected chi connectivity index (χ4v) is 1.35. The van der Waals surface area contributed by atoms with Crippen molar-refractivity contribution in [3.63, 3.8) is 0 Å². The van der Waals surface area contributed by atoms with Crippen LogP contribution in [0.4, 0.5) is 0 Å². The molecule has 0 aliphatic carbocycles. The molecule has 1 rings (SSSR count). The lowest BCUT2D eigenvalue weighted by molar-refractivity contribution is 0.563. The molecule has 0 unspecified atom stereocenters. The normalized spacial score (nSPS) is 12.1. The van der Waals surface area contributed by atoms with Crippen molar-refractivity contribution in [1.82, 2.24) is 15.0 Å². The Morgan fingerprint density at radius 1 is 1.33 bits per heavy atom. The topological polar surface area (TPSA) is 30.7 Å². The van der Waals surface area contributed by atoms with E-state index in [1.54, 1.807) is 0 Å². The standard InChI is InChI=1S/C9H17N3/c1-6-12-7(2)8(10-11-12)9(3,4)5/h6H2,1-5H3. The molecule has 0 aliphatic rings. The van der Waals surface area contributed by atoms with Gasteiger partial charge in [-0.2, -0.15) is 0 Å². The van der Waals surface area contributed by atoms with Gasteiger partial charge in [-0.1, -0.05) is 26.0 Å². The van der Waals surface area contributed by atoms with Crippen LogP contribution in [0.25, 0.3) is 0 Å². The average molecular weight is 167 g/mol. The molecule has 1 aromatic heterocycles. The van der Waals surface area contributed by atoms with Crippen LogP contribution in [0.15, 0.2) is 0 Å². The van der Waals surface area contributed by atoms with Crippen LogP contribution in [-0.2, 0) is 12.0 Å². The van der Waals surface area contributed by atoms with Crippen LogP contribution in [0, 0.1) is 6.92 Å². The third-order valence-electron chi connectivity index (χ3n) is 1.99. The van der Waals surface area contributed by atoms with E-state index in [-0.39, 0.29) is 5.41 Å². The Kier molecular flexibility index (Phi) is 2.22. The molecule has 0 spiro atoms. The minimum absolute atomic E-state index is 0.109. The van der Waals surface area contributed by atoms with Crippen LogP contribution >= 0.6 is 0 Å². The van der Waals surface area contributed by atoms with E-state index in [2.05, 4.69) is 44.9 Å². The Morgan fingerprint density at radius 2 is 1.92 bits per heavy atom. The first-order valence-electron chi connectivity index (χ1n) is 4.37. The Morgan fingerprint density at radius 3 is 2.17 bits per heavy atom. The molecule has 0 amide bonds. The Balaban J connectivity index is 3.11. The van der Waals surface area contributed by atoms with Gasteiger partial charge in [0, 0.05) is 12.0 Å². The van der Waals surface area contributed by atoms with Crippen LogP contribution < -0.4 is 0 Å². The van der Waals surface area contributed by atoms with Gasteiger partial charge < -0.3 is 0 Å². The molecule has 3 nitrogen and oxygen atoms in total. The summed E-state index contributed by atoms with van der Waals surface area (Å²) in [6.45, 7) is 11.5. The first-order valence-corrected chi connectivity index (χ1v) is 4.37. The molecule has 0 N–H and O–H groups in total. The average Bonchev–Trinajstić information content (AvgIpc) is 2.29. The van der Waals surface area contributed by atoms with Gasteiger partial charge in [0.25, 0.3) is 0 Å². The highest BCUT2D eigenvalue weighted by Crippen LogP contribution is 2.22. The second kappa shape index (κ2) is 2.88. The number of rotatable bonds is 1. The zero-order valence-corrected chi connectivity index (χ0v) is 8.55. The number of hydrogen-bond donors (Lipinski definition) is 0. The van der Waals surface area contributed by atoms with Gasteiger partial charge >= 0.3 is 0 Å². The monoisotopic (exact) mass is 167 g/mol. The largest absolute Gasteiger partial charge is 0.250 e. The van der Waals surface area contributed by atoms with Gasteiger partial charge in [0.1, 0.15) is 0 Å². The lowest BCUT2D eigenvalue weighted by Gasteiger charge is -2.15. The molecule has 1 heterocycles. The van der Waals surface area contributed by atoms with Crippen LogP contribution in [0.3, 0.4) is 0 Å². The van der Waals surface area contributed by atoms with Crippen molar-refractivity contribution >= 4 is 0 Å². The summed E-state index contributed by atoms with van der Waals surface area (Å²) >= 11 is 0. The van der Waals surface area contributed by atoms with E-state index in [0.29, 0.717) is 0 Å². The summed E-state index contributed by atoms with van der Waals surface area (Å²) in [5, 5.41) is 8.24. The van der Waals surface area contributed by atoms with Crippen LogP contribution in [0.1, 0.15) is 39.1 Å². The van der Waals surface area contributed by atoms with E-state index >= 15 is 0 Å². The van der Waals surface area contributed by atoms with Crippen LogP contribution in [-0.4, -0.2) is 15.0 Å². The van der Waals surface area contributed by atoms with Crippen molar-refractivity contribution in [3.8, 4) is 0 Å². The molecular formula is C9H17N3. The molecule has 0 aliphatic heterocycles. The van der Waals surface area contributed by atoms with Crippen molar-refractivity contribution in [3.05, 3.63) is 11.4 Å². The van der Waals surface area contributed by atoms with E-state index in [9.17, 15) is 0 Å². The van der Waals surface area contributed by atoms with Crippen molar-refractivity contribution < 1.29 is 0 Å². The quantitative estimate of drug-likeness (QED) is 0.639. The number of aromatic nitrogens is 3. The number of aryl methyl sites for hydroxylation is 1. The first-order chi connectivity index (χ1) is 5.46. The maximum atomic E-state index is 4.17. The minimum atomic E-state index is 0.109. The molecular weight excluding hydrogens is 150 g/mol. The third-order valence-corrected chi connectivity index (χ3v) is 1.99. The Hall–Kier alpha value is -0.860. The highest BCUT2D eigenvalue weighted by Gasteiger charge is 2.21. The summed E-state index contributed by atoms with van der Waals surface area (Å²) in [5.41, 5.74) is 2.40. The van der Waals surface area contributed by atoms with Gasteiger partial charge in [0.15, 0.2) is 0 Å². The van der Waals surface area contributed by atoms with Gasteiger partial charge in [0.05, 0.1) is 11.4 Å². The van der Waals surface area contributed by atoms with Crippen molar-refractivity contribution in [2.24, 2.45) is 0 Å². The summed E-state index contributed by atoms with van der Waals surface area (Å²) in [6, 6.07) is 0. The molecule has 0 radical (unpaired) electrons. The van der Waals surface area contributed by atoms with Gasteiger partial charge in [-0.05, 0) is 13.8 Å². The summed E-state index contributed by atoms with van der Waals surface area (Å²) in [5.74, 6) is 0. The SMILES string of the molecule is CCn1nnc(C(C)(C)C)c1C. The maximum Gasteiger partial charge on any atom is 0.0909 e. The smallest absolute Gasteiger partial charge is 0.0909 e. The first kappa shape index (κ1) is 9.23. The predicted molar refractivity (Wildman–Crippen MR) is 49.1 cm³/mol. The summed E-state index contributed by atoms with van der Waals surface area (Å²) < 4.78 is 1.93. The lowest BCUT2D eigenvalue weighted by Crippen LogP contribution is -2.14. The van der Waals surface area contributed by atoms with Crippen molar-refractivity contribution in [1.29, 1.82) is 0 Å². The number of hydrogen-bond acceptors (Lipinski definition) is 2. The Labute approximate surface area is 73.8 Å². The van der Waals surface area contributed by atoms with E-state index in [1.807, 2.05) is 4.68 Å². The molecule has 0 bridgehead atoms. The summed E-state index contributed by atoms with van der Waals surface area (Å²) in [6.07, 6.45) is 0. The van der Waals surface area contributed by atoms with Gasteiger partial charge in [0.2, 0.25) is 0 Å². The highest BCUT2D eigenvalue weighted by atomic mass is 15.4. The second-order valence-corrected chi connectivity index (χ2v) is 4.09. The van der Waals surface area contributed by atoms with E-state index in [4.69, 9.17) is 0 Å². The fourth-order valence-electron chi connectivity index (χ4n) is 1.35. The maximum absolute atomic E-state index is 4.17. The third kappa shape index (κ3) is 1.49. The predicted octanol–water partition coefficient (Wildman–Crippen LogP) is 1.90. The van der Waals surface area contributed by atoms with Gasteiger partial charge in [-0.3, -0.25) is 0 Å². The zero-order valence-electron chi connectivity index (χ0n) is 8.55. The summed E-state index contributed by atoms with van der Waals surface area (Å²) in [7, 11) is 0. The highest BCUT2D eigenvalue weighted by molar-refractivity contribution is 5.16. The molecule has 0 atom stereocenters. The van der Waals surface area contributed by atoms with E-state index in [1.165, 1.54) is 5.69 Å². The molecule has 12 heavy (non-hydrogen) atoms. The van der Waals surface area contributed by atoms with Gasteiger partial charge in [-0.15, -0.1) is 5.10 Å². The molecule has 0 fully saturated rings. The minimum Gasteiger partial charge on any atom is -0.250 e. The Bertz CT molecular complexity index is 268. The van der Waals surface area contributed by atoms with Gasteiger partial charge in [-0.25, -0.2) is 4.68 Å². The summed E-state index contributed by atoms with van der Waals surface area (Å²) in [4.78, 5) is 0. The lowest BCUT2D eigenvalue weighted by atomic mass is 9.91. The fraction of sp³-hybridized carbons (Fsp3) is 0.778. The second-order valence-electron chi connectivity index (χ2n) is 4.09. The van der Waals surface area contributed by atoms with E-state index < -0.39 is 0 Å². The van der Waals surface area contributed by atoms with E-state index in [0.717, 1.165) is 12.2 Å². The molecule has 3 heteroatoms. The van der Waals surface area contributed by atoms with Crippen LogP contribution in [0.2, 0.25) is 0 Å². The van der Waals surface area contributed by atoms with Crippen molar-refractivity contribution in [2.45, 2.75) is 46.6 Å².